The number of benzene rings is 2. The number of carbonyl (C=O) groups excluding carboxylic acids is 3. The quantitative estimate of drug-likeness (QED) is 0.336. The van der Waals surface area contributed by atoms with Crippen LogP contribution >= 0.6 is 0 Å². The maximum absolute atomic E-state index is 13.4. The van der Waals surface area contributed by atoms with Gasteiger partial charge < -0.3 is 15.0 Å². The van der Waals surface area contributed by atoms with Crippen LogP contribution in [0.2, 0.25) is 0 Å². The molecule has 0 bridgehead atoms. The molecule has 36 heavy (non-hydrogen) atoms. The maximum atomic E-state index is 13.4. The van der Waals surface area contributed by atoms with Crippen LogP contribution in [0.25, 0.3) is 0 Å². The van der Waals surface area contributed by atoms with Crippen LogP contribution in [0.4, 0.5) is 16.2 Å². The summed E-state index contributed by atoms with van der Waals surface area (Å²) in [5.74, 6) is 0.0688. The van der Waals surface area contributed by atoms with Crippen molar-refractivity contribution in [2.45, 2.75) is 64.8 Å². The number of anilines is 2. The van der Waals surface area contributed by atoms with Gasteiger partial charge in [0.05, 0.1) is 18.7 Å². The van der Waals surface area contributed by atoms with Crippen LogP contribution in [0.5, 0.6) is 5.75 Å². The van der Waals surface area contributed by atoms with Gasteiger partial charge in [-0.15, -0.1) is 0 Å². The van der Waals surface area contributed by atoms with Crippen molar-refractivity contribution >= 4 is 29.2 Å². The summed E-state index contributed by atoms with van der Waals surface area (Å²) >= 11 is 0. The molecule has 7 nitrogen and oxygen atoms in total. The van der Waals surface area contributed by atoms with Crippen molar-refractivity contribution in [1.29, 1.82) is 0 Å². The first-order chi connectivity index (χ1) is 17.5. The van der Waals surface area contributed by atoms with E-state index in [4.69, 9.17) is 4.74 Å². The second-order valence-corrected chi connectivity index (χ2v) is 9.48. The molecule has 1 N–H and O–H groups in total. The van der Waals surface area contributed by atoms with E-state index in [2.05, 4.69) is 11.4 Å². The lowest BCUT2D eigenvalue weighted by Crippen LogP contribution is -2.38. The number of carbonyl (C=O) groups is 3. The van der Waals surface area contributed by atoms with Crippen molar-refractivity contribution in [3.05, 3.63) is 65.7 Å². The lowest BCUT2D eigenvalue weighted by Gasteiger charge is -2.23. The normalized spacial score (nSPS) is 17.8. The zero-order chi connectivity index (χ0) is 25.5. The maximum Gasteiger partial charge on any atom is 0.332 e. The van der Waals surface area contributed by atoms with E-state index in [-0.39, 0.29) is 24.3 Å². The molecular formula is C29H35N3O4. The Labute approximate surface area is 213 Å². The van der Waals surface area contributed by atoms with E-state index in [0.29, 0.717) is 24.5 Å². The lowest BCUT2D eigenvalue weighted by molar-refractivity contribution is -0.124. The van der Waals surface area contributed by atoms with Crippen LogP contribution in [-0.4, -0.2) is 41.9 Å². The van der Waals surface area contributed by atoms with Crippen LogP contribution < -0.4 is 15.0 Å². The number of ether oxygens (including phenoxy) is 1. The Bertz CT molecular complexity index is 1110. The van der Waals surface area contributed by atoms with E-state index >= 15 is 0 Å². The third-order valence-electron chi connectivity index (χ3n) is 6.66. The molecule has 1 atom stereocenters. The molecule has 2 aromatic carbocycles. The van der Waals surface area contributed by atoms with Gasteiger partial charge in [0.1, 0.15) is 11.8 Å². The first-order valence-corrected chi connectivity index (χ1v) is 12.9. The van der Waals surface area contributed by atoms with Crippen molar-refractivity contribution in [3.8, 4) is 5.75 Å². The molecule has 0 aromatic heterocycles. The average Bonchev–Trinajstić information content (AvgIpc) is 3.12. The van der Waals surface area contributed by atoms with Crippen LogP contribution in [-0.2, 0) is 9.59 Å². The lowest BCUT2D eigenvalue weighted by atomic mass is 9.97. The third kappa shape index (κ3) is 6.14. The number of allylic oxidation sites excluding steroid dienone is 1. The summed E-state index contributed by atoms with van der Waals surface area (Å²) in [6.07, 6.45) is 8.23. The minimum atomic E-state index is -0.838. The average molecular weight is 490 g/mol. The van der Waals surface area contributed by atoms with E-state index < -0.39 is 6.04 Å². The van der Waals surface area contributed by atoms with E-state index in [1.54, 1.807) is 41.3 Å². The molecule has 4 rings (SSSR count). The number of amides is 4. The number of urea groups is 1. The molecule has 2 aromatic rings. The molecule has 1 aliphatic heterocycles. The Hall–Kier alpha value is -3.61. The van der Waals surface area contributed by atoms with Gasteiger partial charge in [0.15, 0.2) is 0 Å². The number of nitrogens with zero attached hydrogens (tertiary/aromatic N) is 2. The highest BCUT2D eigenvalue weighted by Crippen LogP contribution is 2.29. The molecule has 1 heterocycles. The minimum Gasteiger partial charge on any atom is -0.494 e. The van der Waals surface area contributed by atoms with Gasteiger partial charge in [-0.05, 0) is 81.8 Å². The smallest absolute Gasteiger partial charge is 0.332 e. The molecule has 0 radical (unpaired) electrons. The zero-order valence-electron chi connectivity index (χ0n) is 21.2. The zero-order valence-corrected chi connectivity index (χ0v) is 21.2. The highest BCUT2D eigenvalue weighted by molar-refractivity contribution is 6.22. The minimum absolute atomic E-state index is 0.0972. The summed E-state index contributed by atoms with van der Waals surface area (Å²) < 4.78 is 5.59. The van der Waals surface area contributed by atoms with Gasteiger partial charge in [-0.3, -0.25) is 9.59 Å². The molecular weight excluding hydrogens is 454 g/mol. The van der Waals surface area contributed by atoms with Crippen LogP contribution in [0.15, 0.2) is 60.2 Å². The first-order valence-electron chi connectivity index (χ1n) is 12.9. The summed E-state index contributed by atoms with van der Waals surface area (Å²) in [5, 5.41) is 2.86. The van der Waals surface area contributed by atoms with Gasteiger partial charge in [0.25, 0.3) is 5.91 Å². The standard InChI is InChI=1S/C29H35N3O4/c1-3-19-36-25-15-11-23(12-16-25)30-27(33)20-26-28(34)32(24-13-9-21(2)10-14-24)29(35)31(26)18-17-22-7-5-4-6-8-22/h7,9-16,26H,3-6,8,17-20H2,1-2H3,(H,30,33)/t26-/m1/s1. The fourth-order valence-electron chi connectivity index (χ4n) is 4.66. The Kier molecular flexibility index (Phi) is 8.41. The molecule has 4 amide bonds. The molecule has 0 spiro atoms. The SMILES string of the molecule is CCCOc1ccc(NC(=O)C[C@@H]2C(=O)N(c3ccc(C)cc3)C(=O)N2CCC2=CCCCC2)cc1. The van der Waals surface area contributed by atoms with Gasteiger partial charge in [-0.2, -0.15) is 0 Å². The van der Waals surface area contributed by atoms with Crippen molar-refractivity contribution < 1.29 is 19.1 Å². The Morgan fingerprint density at radius 1 is 1.06 bits per heavy atom. The topological polar surface area (TPSA) is 79.0 Å². The van der Waals surface area contributed by atoms with Crippen LogP contribution in [0.3, 0.4) is 0 Å². The number of hydrogen-bond donors (Lipinski definition) is 1. The number of aryl methyl sites for hydroxylation is 1. The predicted octanol–water partition coefficient (Wildman–Crippen LogP) is 5.84. The monoisotopic (exact) mass is 489 g/mol. The number of rotatable bonds is 10. The number of hydrogen-bond acceptors (Lipinski definition) is 4. The fraction of sp³-hybridized carbons (Fsp3) is 0.414. The predicted molar refractivity (Wildman–Crippen MR) is 141 cm³/mol. The summed E-state index contributed by atoms with van der Waals surface area (Å²) in [4.78, 5) is 42.6. The van der Waals surface area contributed by atoms with E-state index in [1.807, 2.05) is 26.0 Å². The highest BCUT2D eigenvalue weighted by atomic mass is 16.5. The molecule has 1 aliphatic carbocycles. The molecule has 7 heteroatoms. The van der Waals surface area contributed by atoms with E-state index in [1.165, 1.54) is 16.9 Å². The van der Waals surface area contributed by atoms with Crippen LogP contribution in [0.1, 0.15) is 57.4 Å². The van der Waals surface area contributed by atoms with Crippen molar-refractivity contribution in [2.75, 3.05) is 23.4 Å². The second-order valence-electron chi connectivity index (χ2n) is 9.48. The summed E-state index contributed by atoms with van der Waals surface area (Å²) in [6, 6.07) is 13.3. The summed E-state index contributed by atoms with van der Waals surface area (Å²) in [7, 11) is 0. The molecule has 190 valence electrons. The Balaban J connectivity index is 1.48. The van der Waals surface area contributed by atoms with Crippen molar-refractivity contribution in [1.82, 2.24) is 4.90 Å². The molecule has 0 unspecified atom stereocenters. The van der Waals surface area contributed by atoms with Crippen LogP contribution in [0, 0.1) is 6.92 Å². The second kappa shape index (κ2) is 11.9. The summed E-state index contributed by atoms with van der Waals surface area (Å²) in [5.41, 5.74) is 3.52. The van der Waals surface area contributed by atoms with Gasteiger partial charge in [-0.1, -0.05) is 36.3 Å². The highest BCUT2D eigenvalue weighted by Gasteiger charge is 2.46. The molecule has 2 aliphatic rings. The fourth-order valence-corrected chi connectivity index (χ4v) is 4.66. The Morgan fingerprint density at radius 3 is 2.47 bits per heavy atom. The van der Waals surface area contributed by atoms with Gasteiger partial charge in [-0.25, -0.2) is 9.69 Å². The number of imide groups is 1. The molecule has 1 fully saturated rings. The van der Waals surface area contributed by atoms with Gasteiger partial charge >= 0.3 is 6.03 Å². The molecule has 0 saturated carbocycles. The largest absolute Gasteiger partial charge is 0.494 e. The first kappa shape index (κ1) is 25.5. The van der Waals surface area contributed by atoms with E-state index in [9.17, 15) is 14.4 Å². The van der Waals surface area contributed by atoms with Crippen molar-refractivity contribution in [3.63, 3.8) is 0 Å². The Morgan fingerprint density at radius 2 is 1.81 bits per heavy atom. The van der Waals surface area contributed by atoms with E-state index in [0.717, 1.165) is 43.4 Å². The third-order valence-corrected chi connectivity index (χ3v) is 6.66. The van der Waals surface area contributed by atoms with Gasteiger partial charge in [0.2, 0.25) is 5.91 Å². The van der Waals surface area contributed by atoms with Gasteiger partial charge in [0, 0.05) is 12.2 Å². The summed E-state index contributed by atoms with van der Waals surface area (Å²) in [6.45, 7) is 5.05. The number of nitrogens with one attached hydrogen (secondary N) is 1. The molecule has 1 saturated heterocycles. The van der Waals surface area contributed by atoms with Crippen molar-refractivity contribution in [2.24, 2.45) is 0 Å².